The Hall–Kier alpha value is -0.780. The molecule has 0 fully saturated rings. The summed E-state index contributed by atoms with van der Waals surface area (Å²) in [6.45, 7) is 18.6. The molecule has 0 nitrogen and oxygen atoms in total. The second-order valence-corrected chi connectivity index (χ2v) is 8.98. The molecule has 0 bridgehead atoms. The van der Waals surface area contributed by atoms with Crippen LogP contribution in [-0.4, -0.2) is 0 Å². The molecule has 0 aliphatic heterocycles. The van der Waals surface area contributed by atoms with Crippen LogP contribution in [0.1, 0.15) is 103 Å². The predicted molar refractivity (Wildman–Crippen MR) is 101 cm³/mol. The Bertz CT molecular complexity index is 431. The zero-order valence-electron chi connectivity index (χ0n) is 16.4. The molecular formula is C22H38. The molecule has 0 N–H and O–H groups in total. The summed E-state index contributed by atoms with van der Waals surface area (Å²) in [7, 11) is 0. The molecule has 126 valence electrons. The zero-order chi connectivity index (χ0) is 17.0. The van der Waals surface area contributed by atoms with E-state index < -0.39 is 0 Å². The summed E-state index contributed by atoms with van der Waals surface area (Å²) in [5.41, 5.74) is 6.54. The van der Waals surface area contributed by atoms with Crippen LogP contribution >= 0.6 is 0 Å². The van der Waals surface area contributed by atoms with Gasteiger partial charge in [-0.2, -0.15) is 0 Å². The summed E-state index contributed by atoms with van der Waals surface area (Å²) in [4.78, 5) is 0. The first kappa shape index (κ1) is 19.3. The quantitative estimate of drug-likeness (QED) is 0.491. The summed E-state index contributed by atoms with van der Waals surface area (Å²) >= 11 is 0. The van der Waals surface area contributed by atoms with Gasteiger partial charge in [-0.1, -0.05) is 86.3 Å². The highest BCUT2D eigenvalue weighted by Gasteiger charge is 2.24. The maximum Gasteiger partial charge on any atom is -0.0129 e. The summed E-state index contributed by atoms with van der Waals surface area (Å²) in [5, 5.41) is 0. The van der Waals surface area contributed by atoms with Crippen molar-refractivity contribution in [3.63, 3.8) is 0 Å². The fraction of sp³-hybridized carbons (Fsp3) is 0.727. The molecule has 0 saturated heterocycles. The van der Waals surface area contributed by atoms with E-state index >= 15 is 0 Å². The van der Waals surface area contributed by atoms with E-state index in [1.54, 1.807) is 0 Å². The fourth-order valence-electron chi connectivity index (χ4n) is 3.41. The lowest BCUT2D eigenvalue weighted by molar-refractivity contribution is 0.558. The normalized spacial score (nSPS) is 12.7. The van der Waals surface area contributed by atoms with Gasteiger partial charge in [0.2, 0.25) is 0 Å². The maximum atomic E-state index is 2.48. The molecule has 22 heavy (non-hydrogen) atoms. The second-order valence-electron chi connectivity index (χ2n) is 8.98. The van der Waals surface area contributed by atoms with Crippen LogP contribution in [-0.2, 0) is 17.3 Å². The number of aryl methyl sites for hydroxylation is 1. The predicted octanol–water partition coefficient (Wildman–Crippen LogP) is 7.10. The van der Waals surface area contributed by atoms with E-state index in [-0.39, 0.29) is 10.8 Å². The van der Waals surface area contributed by atoms with E-state index in [1.165, 1.54) is 60.8 Å². The average Bonchev–Trinajstić information content (AvgIpc) is 2.37. The van der Waals surface area contributed by atoms with Crippen molar-refractivity contribution in [3.05, 3.63) is 34.4 Å². The van der Waals surface area contributed by atoms with E-state index in [4.69, 9.17) is 0 Å². The zero-order valence-corrected chi connectivity index (χ0v) is 16.4. The topological polar surface area (TPSA) is 0 Å². The van der Waals surface area contributed by atoms with Crippen molar-refractivity contribution in [1.82, 2.24) is 0 Å². The Morgan fingerprint density at radius 1 is 0.727 bits per heavy atom. The molecule has 0 spiro atoms. The SMILES string of the molecule is CCCCCCCc1cc(C(C)(C)C)c(C)c(C(C)(C)C)c1. The van der Waals surface area contributed by atoms with E-state index in [0.717, 1.165) is 0 Å². The van der Waals surface area contributed by atoms with Crippen molar-refractivity contribution in [1.29, 1.82) is 0 Å². The monoisotopic (exact) mass is 302 g/mol. The van der Waals surface area contributed by atoms with Gasteiger partial charge in [-0.05, 0) is 52.8 Å². The highest BCUT2D eigenvalue weighted by Crippen LogP contribution is 2.35. The Kier molecular flexibility index (Phi) is 6.71. The Morgan fingerprint density at radius 2 is 1.18 bits per heavy atom. The summed E-state index contributed by atoms with van der Waals surface area (Å²) < 4.78 is 0. The second kappa shape index (κ2) is 7.66. The summed E-state index contributed by atoms with van der Waals surface area (Å²) in [5.74, 6) is 0. The van der Waals surface area contributed by atoms with Crippen molar-refractivity contribution in [2.75, 3.05) is 0 Å². The average molecular weight is 303 g/mol. The number of unbranched alkanes of at least 4 members (excludes halogenated alkanes) is 4. The largest absolute Gasteiger partial charge is 0.0654 e. The van der Waals surface area contributed by atoms with Crippen LogP contribution in [0, 0.1) is 6.92 Å². The smallest absolute Gasteiger partial charge is 0.0129 e. The molecule has 0 heterocycles. The van der Waals surface area contributed by atoms with Gasteiger partial charge in [0, 0.05) is 0 Å². The lowest BCUT2D eigenvalue weighted by Gasteiger charge is -2.30. The van der Waals surface area contributed by atoms with Crippen LogP contribution in [0.4, 0.5) is 0 Å². The molecule has 1 rings (SSSR count). The first-order valence-electron chi connectivity index (χ1n) is 9.22. The van der Waals surface area contributed by atoms with Gasteiger partial charge >= 0.3 is 0 Å². The number of hydrogen-bond donors (Lipinski definition) is 0. The molecule has 0 radical (unpaired) electrons. The Morgan fingerprint density at radius 3 is 1.59 bits per heavy atom. The van der Waals surface area contributed by atoms with Crippen LogP contribution in [0.5, 0.6) is 0 Å². The maximum absolute atomic E-state index is 2.48. The van der Waals surface area contributed by atoms with Gasteiger partial charge in [-0.25, -0.2) is 0 Å². The van der Waals surface area contributed by atoms with Gasteiger partial charge in [0.05, 0.1) is 0 Å². The molecular weight excluding hydrogens is 264 g/mol. The summed E-state index contributed by atoms with van der Waals surface area (Å²) in [6, 6.07) is 4.95. The number of hydrogen-bond acceptors (Lipinski definition) is 0. The van der Waals surface area contributed by atoms with Crippen LogP contribution in [0.2, 0.25) is 0 Å². The third-order valence-corrected chi connectivity index (χ3v) is 4.65. The van der Waals surface area contributed by atoms with Crippen LogP contribution in [0.15, 0.2) is 12.1 Å². The molecule has 0 atom stereocenters. The first-order valence-corrected chi connectivity index (χ1v) is 9.22. The molecule has 0 aliphatic rings. The van der Waals surface area contributed by atoms with Crippen molar-refractivity contribution in [3.8, 4) is 0 Å². The third kappa shape index (κ3) is 5.45. The molecule has 0 aromatic heterocycles. The highest BCUT2D eigenvalue weighted by atomic mass is 14.3. The van der Waals surface area contributed by atoms with Gasteiger partial charge in [-0.3, -0.25) is 0 Å². The molecule has 0 heteroatoms. The van der Waals surface area contributed by atoms with Gasteiger partial charge in [0.15, 0.2) is 0 Å². The molecule has 0 saturated carbocycles. The summed E-state index contributed by atoms with van der Waals surface area (Å²) in [6.07, 6.45) is 8.03. The van der Waals surface area contributed by atoms with Gasteiger partial charge in [0.1, 0.15) is 0 Å². The minimum absolute atomic E-state index is 0.225. The molecule has 1 aromatic rings. The van der Waals surface area contributed by atoms with Crippen LogP contribution in [0.25, 0.3) is 0 Å². The first-order chi connectivity index (χ1) is 10.1. The van der Waals surface area contributed by atoms with Gasteiger partial charge in [-0.15, -0.1) is 0 Å². The van der Waals surface area contributed by atoms with Crippen molar-refractivity contribution < 1.29 is 0 Å². The number of rotatable bonds is 6. The van der Waals surface area contributed by atoms with E-state index in [9.17, 15) is 0 Å². The van der Waals surface area contributed by atoms with E-state index in [1.807, 2.05) is 0 Å². The van der Waals surface area contributed by atoms with Crippen LogP contribution < -0.4 is 0 Å². The Labute approximate surface area is 139 Å². The minimum atomic E-state index is 0.225. The van der Waals surface area contributed by atoms with Crippen molar-refractivity contribution >= 4 is 0 Å². The van der Waals surface area contributed by atoms with Crippen molar-refractivity contribution in [2.45, 2.75) is 105 Å². The van der Waals surface area contributed by atoms with E-state index in [2.05, 4.69) is 67.5 Å². The van der Waals surface area contributed by atoms with Gasteiger partial charge < -0.3 is 0 Å². The minimum Gasteiger partial charge on any atom is -0.0654 e. The van der Waals surface area contributed by atoms with E-state index in [0.29, 0.717) is 0 Å². The molecule has 0 amide bonds. The van der Waals surface area contributed by atoms with Crippen LogP contribution in [0.3, 0.4) is 0 Å². The molecule has 0 aliphatic carbocycles. The van der Waals surface area contributed by atoms with Gasteiger partial charge in [0.25, 0.3) is 0 Å². The lowest BCUT2D eigenvalue weighted by atomic mass is 9.75. The van der Waals surface area contributed by atoms with Crippen molar-refractivity contribution in [2.24, 2.45) is 0 Å². The number of benzene rings is 1. The fourth-order valence-corrected chi connectivity index (χ4v) is 3.41. The third-order valence-electron chi connectivity index (χ3n) is 4.65. The molecule has 0 unspecified atom stereocenters. The molecule has 1 aromatic carbocycles. The highest BCUT2D eigenvalue weighted by molar-refractivity contribution is 5.45. The Balaban J connectivity index is 3.03. The standard InChI is InChI=1S/C22H38/c1-9-10-11-12-13-14-18-15-19(21(3,4)5)17(2)20(16-18)22(6,7)8/h15-16H,9-14H2,1-8H3. The lowest BCUT2D eigenvalue weighted by Crippen LogP contribution is -2.20.